The average Bonchev–Trinajstić information content (AvgIpc) is 2.35. The molecule has 0 bridgehead atoms. The van der Waals surface area contributed by atoms with Crippen LogP contribution in [-0.2, 0) is 0 Å². The van der Waals surface area contributed by atoms with Gasteiger partial charge in [0.25, 0.3) is 0 Å². The topological polar surface area (TPSA) is 35.5 Å². The second-order valence-electron chi connectivity index (χ2n) is 3.53. The van der Waals surface area contributed by atoms with E-state index in [1.165, 1.54) is 0 Å². The van der Waals surface area contributed by atoms with E-state index in [0.717, 1.165) is 6.42 Å². The van der Waals surface area contributed by atoms with Crippen LogP contribution in [0.5, 0.6) is 11.5 Å². The van der Waals surface area contributed by atoms with Crippen molar-refractivity contribution in [1.29, 1.82) is 0 Å². The van der Waals surface area contributed by atoms with E-state index in [4.69, 9.17) is 9.47 Å². The molecule has 84 valence electrons. The Balaban J connectivity index is 2.23. The van der Waals surface area contributed by atoms with Crippen molar-refractivity contribution in [3.8, 4) is 11.5 Å². The molecule has 1 aromatic rings. The Labute approximate surface area is 94.7 Å². The maximum absolute atomic E-state index is 11.7. The van der Waals surface area contributed by atoms with E-state index in [2.05, 4.69) is 0 Å². The van der Waals surface area contributed by atoms with Gasteiger partial charge in [0.05, 0.1) is 0 Å². The molecule has 3 heteroatoms. The predicted octanol–water partition coefficient (Wildman–Crippen LogP) is 2.61. The lowest BCUT2D eigenvalue weighted by molar-refractivity contribution is 0.104. The Morgan fingerprint density at radius 2 is 2.06 bits per heavy atom. The first kappa shape index (κ1) is 10.7. The molecule has 0 atom stereocenters. The fourth-order valence-corrected chi connectivity index (χ4v) is 1.52. The van der Waals surface area contributed by atoms with Crippen LogP contribution in [0.15, 0.2) is 30.4 Å². The number of ketones is 1. The molecule has 2 rings (SSSR count). The summed E-state index contributed by atoms with van der Waals surface area (Å²) in [6.07, 6.45) is 4.29. The summed E-state index contributed by atoms with van der Waals surface area (Å²) in [5.74, 6) is 1.36. The van der Waals surface area contributed by atoms with Crippen LogP contribution in [0.3, 0.4) is 0 Å². The molecule has 16 heavy (non-hydrogen) atoms. The summed E-state index contributed by atoms with van der Waals surface area (Å²) in [7, 11) is 0. The molecule has 0 N–H and O–H groups in total. The van der Waals surface area contributed by atoms with Gasteiger partial charge in [-0.25, -0.2) is 0 Å². The van der Waals surface area contributed by atoms with Crippen molar-refractivity contribution in [2.45, 2.75) is 13.3 Å². The highest BCUT2D eigenvalue weighted by atomic mass is 16.6. The Kier molecular flexibility index (Phi) is 3.25. The second kappa shape index (κ2) is 4.84. The fraction of sp³-hybridized carbons (Fsp3) is 0.308. The lowest BCUT2D eigenvalue weighted by atomic mass is 10.1. The van der Waals surface area contributed by atoms with Gasteiger partial charge in [-0.15, -0.1) is 0 Å². The van der Waals surface area contributed by atoms with Gasteiger partial charge in [0.1, 0.15) is 13.2 Å². The summed E-state index contributed by atoms with van der Waals surface area (Å²) in [5.41, 5.74) is 0.633. The Morgan fingerprint density at radius 3 is 2.81 bits per heavy atom. The molecular weight excluding hydrogens is 204 g/mol. The lowest BCUT2D eigenvalue weighted by Gasteiger charge is -2.18. The first-order valence-electron chi connectivity index (χ1n) is 5.42. The maximum atomic E-state index is 11.7. The fourth-order valence-electron chi connectivity index (χ4n) is 1.52. The van der Waals surface area contributed by atoms with Crippen LogP contribution in [0.4, 0.5) is 0 Å². The van der Waals surface area contributed by atoms with Crippen molar-refractivity contribution in [3.05, 3.63) is 35.9 Å². The number of benzene rings is 1. The maximum Gasteiger partial charge on any atom is 0.185 e. The summed E-state index contributed by atoms with van der Waals surface area (Å²) < 4.78 is 10.8. The van der Waals surface area contributed by atoms with Crippen molar-refractivity contribution in [1.82, 2.24) is 0 Å². The smallest absolute Gasteiger partial charge is 0.185 e. The van der Waals surface area contributed by atoms with Gasteiger partial charge < -0.3 is 9.47 Å². The van der Waals surface area contributed by atoms with Crippen molar-refractivity contribution in [2.24, 2.45) is 0 Å². The highest BCUT2D eigenvalue weighted by Crippen LogP contribution is 2.30. The zero-order valence-electron chi connectivity index (χ0n) is 9.23. The molecule has 0 amide bonds. The van der Waals surface area contributed by atoms with Gasteiger partial charge in [-0.05, 0) is 30.7 Å². The van der Waals surface area contributed by atoms with Crippen LogP contribution in [0.25, 0.3) is 0 Å². The van der Waals surface area contributed by atoms with Crippen LogP contribution in [0.2, 0.25) is 0 Å². The number of rotatable bonds is 3. The minimum Gasteiger partial charge on any atom is -0.486 e. The van der Waals surface area contributed by atoms with Gasteiger partial charge >= 0.3 is 0 Å². The molecule has 0 radical (unpaired) electrons. The third-order valence-corrected chi connectivity index (χ3v) is 2.33. The molecule has 0 fully saturated rings. The van der Waals surface area contributed by atoms with Crippen LogP contribution in [0.1, 0.15) is 23.7 Å². The summed E-state index contributed by atoms with van der Waals surface area (Å²) in [6.45, 7) is 3.10. The Morgan fingerprint density at radius 1 is 1.31 bits per heavy atom. The molecule has 1 aromatic carbocycles. The molecule has 0 spiro atoms. The number of ether oxygens (including phenoxy) is 2. The van der Waals surface area contributed by atoms with E-state index in [9.17, 15) is 4.79 Å². The van der Waals surface area contributed by atoms with Crippen LogP contribution in [-0.4, -0.2) is 19.0 Å². The van der Waals surface area contributed by atoms with Crippen molar-refractivity contribution < 1.29 is 14.3 Å². The Bertz CT molecular complexity index is 421. The van der Waals surface area contributed by atoms with Crippen molar-refractivity contribution >= 4 is 5.78 Å². The molecule has 1 aliphatic heterocycles. The first-order chi connectivity index (χ1) is 7.81. The number of hydrogen-bond acceptors (Lipinski definition) is 3. The number of allylic oxidation sites excluding steroid dienone is 2. The first-order valence-corrected chi connectivity index (χ1v) is 5.42. The molecule has 1 aliphatic rings. The number of carbonyl (C=O) groups excluding carboxylic acids is 1. The van der Waals surface area contributed by atoms with Gasteiger partial charge in [-0.1, -0.05) is 13.0 Å². The molecule has 1 heterocycles. The van der Waals surface area contributed by atoms with E-state index in [1.807, 2.05) is 13.0 Å². The van der Waals surface area contributed by atoms with Gasteiger partial charge in [0.2, 0.25) is 0 Å². The number of fused-ring (bicyclic) bond motifs is 1. The van der Waals surface area contributed by atoms with E-state index >= 15 is 0 Å². The van der Waals surface area contributed by atoms with Crippen molar-refractivity contribution in [2.75, 3.05) is 13.2 Å². The molecule has 3 nitrogen and oxygen atoms in total. The van der Waals surface area contributed by atoms with Gasteiger partial charge in [0, 0.05) is 5.56 Å². The zero-order valence-corrected chi connectivity index (χ0v) is 9.23. The lowest BCUT2D eigenvalue weighted by Crippen LogP contribution is -2.15. The van der Waals surface area contributed by atoms with Crippen LogP contribution in [0, 0.1) is 0 Å². The third-order valence-electron chi connectivity index (χ3n) is 2.33. The van der Waals surface area contributed by atoms with E-state index in [1.54, 1.807) is 24.3 Å². The predicted molar refractivity (Wildman–Crippen MR) is 61.2 cm³/mol. The minimum atomic E-state index is -0.00109. The SMILES string of the molecule is CC/C=C/C(=O)c1ccc2c(c1)OCCO2. The average molecular weight is 218 g/mol. The highest BCUT2D eigenvalue weighted by molar-refractivity contribution is 6.04. The van der Waals surface area contributed by atoms with Gasteiger partial charge in [-0.3, -0.25) is 4.79 Å². The molecule has 0 unspecified atom stereocenters. The largest absolute Gasteiger partial charge is 0.486 e. The van der Waals surface area contributed by atoms with Gasteiger partial charge in [0.15, 0.2) is 17.3 Å². The van der Waals surface area contributed by atoms with Crippen LogP contribution >= 0.6 is 0 Å². The summed E-state index contributed by atoms with van der Waals surface area (Å²) >= 11 is 0. The summed E-state index contributed by atoms with van der Waals surface area (Å²) in [4.78, 5) is 11.7. The normalized spacial score (nSPS) is 14.1. The second-order valence-corrected chi connectivity index (χ2v) is 3.53. The van der Waals surface area contributed by atoms with E-state index in [0.29, 0.717) is 30.3 Å². The van der Waals surface area contributed by atoms with Gasteiger partial charge in [-0.2, -0.15) is 0 Å². The molecule has 0 saturated heterocycles. The highest BCUT2D eigenvalue weighted by Gasteiger charge is 2.13. The third kappa shape index (κ3) is 2.24. The minimum absolute atomic E-state index is 0.00109. The summed E-state index contributed by atoms with van der Waals surface area (Å²) in [5, 5.41) is 0. The number of carbonyl (C=O) groups is 1. The molecule has 0 aliphatic carbocycles. The zero-order chi connectivity index (χ0) is 11.4. The molecule has 0 saturated carbocycles. The standard InChI is InChI=1S/C13H14O3/c1-2-3-4-11(14)10-5-6-12-13(9-10)16-8-7-15-12/h3-6,9H,2,7-8H2,1H3/b4-3+. The summed E-state index contributed by atoms with van der Waals surface area (Å²) in [6, 6.07) is 5.27. The molecule has 0 aromatic heterocycles. The monoisotopic (exact) mass is 218 g/mol. The van der Waals surface area contributed by atoms with E-state index < -0.39 is 0 Å². The van der Waals surface area contributed by atoms with Crippen molar-refractivity contribution in [3.63, 3.8) is 0 Å². The van der Waals surface area contributed by atoms with E-state index in [-0.39, 0.29) is 5.78 Å². The number of hydrogen-bond donors (Lipinski definition) is 0. The quantitative estimate of drug-likeness (QED) is 0.578. The molecular formula is C13H14O3. The van der Waals surface area contributed by atoms with Crippen LogP contribution < -0.4 is 9.47 Å². The Hall–Kier alpha value is -1.77.